The minimum Gasteiger partial charge on any atom is -0.538 e. The Morgan fingerprint density at radius 1 is 0.597 bits per heavy atom. The van der Waals surface area contributed by atoms with Gasteiger partial charge in [0.15, 0.2) is 10.0 Å². The van der Waals surface area contributed by atoms with Crippen LogP contribution in [0.15, 0.2) is 0 Å². The summed E-state index contributed by atoms with van der Waals surface area (Å²) in [5.74, 6) is -0.258. The zero-order valence-electron chi connectivity index (χ0n) is 44.7. The SMILES string of the molecule is CCC(C)(C)C(=O)[N-]S(=O)(=O)C(F)(F)F.CCC(C)C(=O)OCCOCCOCCOCCOC.CCCC(C)(CC)C(=O)OCCCC(C)C.CCCCC(CC)COC(=O)C(C)CC.[K+]. The van der Waals surface area contributed by atoms with E-state index < -0.39 is 26.9 Å². The van der Waals surface area contributed by atoms with E-state index in [1.807, 2.05) is 34.6 Å². The molecule has 4 unspecified atom stereocenters. The monoisotopic (exact) mass is 1020 g/mol. The second-order valence-electron chi connectivity index (χ2n) is 17.6. The van der Waals surface area contributed by atoms with Crippen molar-refractivity contribution in [3.8, 4) is 0 Å². The Hall–Kier alpha value is -0.904. The van der Waals surface area contributed by atoms with Crippen molar-refractivity contribution < 1.29 is 125 Å². The number of nitrogens with zero attached hydrogens (tertiary/aromatic N) is 1. The van der Waals surface area contributed by atoms with Gasteiger partial charge < -0.3 is 42.7 Å². The average Bonchev–Trinajstić information content (AvgIpc) is 3.27. The second-order valence-corrected chi connectivity index (χ2v) is 19.1. The number of methoxy groups -OCH3 is 1. The topological polar surface area (TPSA) is 181 Å². The van der Waals surface area contributed by atoms with Crippen molar-refractivity contribution in [1.82, 2.24) is 0 Å². The molecular formula is C48H93F3KNO13S. The molecule has 67 heavy (non-hydrogen) atoms. The number of halogens is 3. The van der Waals surface area contributed by atoms with Gasteiger partial charge in [0.2, 0.25) is 0 Å². The van der Waals surface area contributed by atoms with Crippen LogP contribution >= 0.6 is 0 Å². The van der Waals surface area contributed by atoms with Gasteiger partial charge in [0, 0.05) is 12.5 Å². The van der Waals surface area contributed by atoms with Crippen LogP contribution in [0.2, 0.25) is 0 Å². The molecule has 19 heteroatoms. The van der Waals surface area contributed by atoms with Gasteiger partial charge in [-0.05, 0) is 70.1 Å². The molecule has 0 heterocycles. The van der Waals surface area contributed by atoms with Crippen molar-refractivity contribution in [3.05, 3.63) is 4.72 Å². The minimum absolute atomic E-state index is 0. The van der Waals surface area contributed by atoms with Crippen molar-refractivity contribution in [2.45, 2.75) is 179 Å². The van der Waals surface area contributed by atoms with Crippen molar-refractivity contribution in [1.29, 1.82) is 0 Å². The molecule has 0 saturated carbocycles. The van der Waals surface area contributed by atoms with Gasteiger partial charge in [-0.15, -0.1) is 0 Å². The van der Waals surface area contributed by atoms with Crippen LogP contribution in [0, 0.1) is 34.5 Å². The Labute approximate surface area is 447 Å². The van der Waals surface area contributed by atoms with Crippen LogP contribution in [0.25, 0.3) is 4.72 Å². The third-order valence-electron chi connectivity index (χ3n) is 10.9. The molecule has 0 saturated heterocycles. The predicted octanol–water partition coefficient (Wildman–Crippen LogP) is 8.42. The molecular weight excluding hydrogens is 927 g/mol. The normalized spacial score (nSPS) is 13.6. The predicted molar refractivity (Wildman–Crippen MR) is 254 cm³/mol. The van der Waals surface area contributed by atoms with E-state index in [2.05, 4.69) is 46.3 Å². The number of rotatable bonds is 33. The number of alkyl halides is 3. The summed E-state index contributed by atoms with van der Waals surface area (Å²) >= 11 is 0. The van der Waals surface area contributed by atoms with E-state index in [-0.39, 0.29) is 93.0 Å². The van der Waals surface area contributed by atoms with Gasteiger partial charge >= 0.3 is 74.8 Å². The number of ether oxygens (including phenoxy) is 7. The van der Waals surface area contributed by atoms with Crippen molar-refractivity contribution in [2.24, 2.45) is 34.5 Å². The molecule has 0 radical (unpaired) electrons. The number of sulfonamides is 1. The maximum absolute atomic E-state index is 11.9. The molecule has 0 aromatic heterocycles. The molecule has 0 bridgehead atoms. The number of carbonyl (C=O) groups excluding carboxylic acids is 4. The first-order valence-corrected chi connectivity index (χ1v) is 25.5. The zero-order valence-corrected chi connectivity index (χ0v) is 48.6. The van der Waals surface area contributed by atoms with Gasteiger partial charge in [-0.2, -0.15) is 13.2 Å². The maximum Gasteiger partial charge on any atom is 1.00 e. The summed E-state index contributed by atoms with van der Waals surface area (Å²) < 4.78 is 95.2. The number of hydrogen-bond donors (Lipinski definition) is 0. The van der Waals surface area contributed by atoms with E-state index in [1.54, 1.807) is 14.0 Å². The smallest absolute Gasteiger partial charge is 0.538 e. The van der Waals surface area contributed by atoms with Gasteiger partial charge in [0.25, 0.3) is 0 Å². The number of esters is 3. The van der Waals surface area contributed by atoms with Gasteiger partial charge in [-0.3, -0.25) is 14.4 Å². The Bertz CT molecular complexity index is 1340. The number of unbranched alkanes of at least 4 members (excludes halogenated alkanes) is 1. The molecule has 1 amide bonds. The van der Waals surface area contributed by atoms with Gasteiger partial charge in [0.05, 0.1) is 82.6 Å². The van der Waals surface area contributed by atoms with E-state index in [0.29, 0.717) is 77.9 Å². The van der Waals surface area contributed by atoms with Gasteiger partial charge in [-0.1, -0.05) is 116 Å². The van der Waals surface area contributed by atoms with Crippen molar-refractivity contribution in [3.63, 3.8) is 0 Å². The summed E-state index contributed by atoms with van der Waals surface area (Å²) in [6, 6.07) is 0. The number of carbonyl (C=O) groups is 4. The van der Waals surface area contributed by atoms with Gasteiger partial charge in [0.1, 0.15) is 6.61 Å². The summed E-state index contributed by atoms with van der Waals surface area (Å²) in [5, 5.41) is 0. The summed E-state index contributed by atoms with van der Waals surface area (Å²) in [6.45, 7) is 32.0. The quantitative estimate of drug-likeness (QED) is 0.0265. The van der Waals surface area contributed by atoms with E-state index in [9.17, 15) is 40.8 Å². The molecule has 0 N–H and O–H groups in total. The summed E-state index contributed by atoms with van der Waals surface area (Å²) in [4.78, 5) is 45.8. The van der Waals surface area contributed by atoms with E-state index in [4.69, 9.17) is 33.2 Å². The summed E-state index contributed by atoms with van der Waals surface area (Å²) in [7, 11) is -4.08. The maximum atomic E-state index is 11.9. The first-order chi connectivity index (χ1) is 30.8. The molecule has 0 aliphatic carbocycles. The van der Waals surface area contributed by atoms with E-state index in [1.165, 1.54) is 33.1 Å². The van der Waals surface area contributed by atoms with E-state index in [0.717, 1.165) is 51.4 Å². The molecule has 4 atom stereocenters. The van der Waals surface area contributed by atoms with Crippen LogP contribution in [0.4, 0.5) is 13.2 Å². The average molecular weight is 1020 g/mol. The first kappa shape index (κ1) is 75.0. The van der Waals surface area contributed by atoms with Crippen LogP contribution in [0.5, 0.6) is 0 Å². The molecule has 0 rings (SSSR count). The number of hydrogen-bond acceptors (Lipinski definition) is 13. The third kappa shape index (κ3) is 41.4. The van der Waals surface area contributed by atoms with Crippen molar-refractivity contribution in [2.75, 3.05) is 73.2 Å². The molecule has 0 fully saturated rings. The van der Waals surface area contributed by atoms with Crippen LogP contribution in [0.3, 0.4) is 0 Å². The van der Waals surface area contributed by atoms with Crippen LogP contribution < -0.4 is 51.4 Å². The first-order valence-electron chi connectivity index (χ1n) is 24.1. The Kier molecular flexibility index (Phi) is 50.4. The molecule has 0 aromatic carbocycles. The fourth-order valence-corrected chi connectivity index (χ4v) is 5.41. The van der Waals surface area contributed by atoms with Crippen LogP contribution in [0.1, 0.15) is 174 Å². The van der Waals surface area contributed by atoms with Crippen LogP contribution in [-0.2, 0) is 62.4 Å². The third-order valence-corrected chi connectivity index (χ3v) is 11.9. The standard InChI is InChI=1S/C14H28O6.C14H28O2.C13H26O2.C7H12F3NO3S.K/c1-4-13(2)14(15)20-12-11-19-10-9-18-8-7-17-6-5-16-3;1-6-10-14(5,7-2)13(15)16-11-8-9-12(3)4;1-5-8-9-12(7-3)10-15-13(14)11(4)6-2;1-4-6(2,3)5(12)11-15(13,14)7(8,9)10;/h13H,4-12H2,1-3H3;12H,6-11H2,1-5H3;11-12H,5-10H2,1-4H3;4H2,1-3H3,(H,11,12);/q;;;;+1/p-1. The minimum atomic E-state index is -5.71. The Balaban J connectivity index is -0.000000256. The van der Waals surface area contributed by atoms with Gasteiger partial charge in [-0.25, -0.2) is 8.42 Å². The molecule has 0 aromatic rings. The Morgan fingerprint density at radius 3 is 1.46 bits per heavy atom. The fraction of sp³-hybridized carbons (Fsp3) is 0.917. The largest absolute Gasteiger partial charge is 1.00 e. The second kappa shape index (κ2) is 45.0. The molecule has 0 aliphatic heterocycles. The van der Waals surface area contributed by atoms with E-state index >= 15 is 0 Å². The molecule has 0 aliphatic rings. The number of amides is 1. The van der Waals surface area contributed by atoms with Crippen LogP contribution in [-0.4, -0.2) is 111 Å². The molecule has 396 valence electrons. The van der Waals surface area contributed by atoms with Crippen molar-refractivity contribution >= 4 is 33.8 Å². The summed E-state index contributed by atoms with van der Waals surface area (Å²) in [5.41, 5.74) is -7.00. The molecule has 14 nitrogen and oxygen atoms in total. The Morgan fingerprint density at radius 2 is 1.07 bits per heavy atom. The molecule has 0 spiro atoms. The fourth-order valence-electron chi connectivity index (χ4n) is 4.84. The zero-order chi connectivity index (χ0) is 51.8. The summed E-state index contributed by atoms with van der Waals surface area (Å²) in [6.07, 6.45) is 11.5.